The van der Waals surface area contributed by atoms with Crippen LogP contribution >= 0.6 is 12.6 Å². The molecule has 24 heavy (non-hydrogen) atoms. The minimum atomic E-state index is -0.205. The van der Waals surface area contributed by atoms with Crippen molar-refractivity contribution in [1.82, 2.24) is 20.2 Å². The summed E-state index contributed by atoms with van der Waals surface area (Å²) in [6, 6.07) is 16.6. The van der Waals surface area contributed by atoms with Crippen LogP contribution in [0.25, 0.3) is 5.69 Å². The lowest BCUT2D eigenvalue weighted by atomic mass is 10.2. The van der Waals surface area contributed by atoms with Crippen LogP contribution in [0.4, 0.5) is 16.2 Å². The van der Waals surface area contributed by atoms with Gasteiger partial charge in [-0.1, -0.05) is 24.3 Å². The van der Waals surface area contributed by atoms with E-state index in [0.29, 0.717) is 23.1 Å². The Bertz CT molecular complexity index is 835. The van der Waals surface area contributed by atoms with Gasteiger partial charge in [-0.05, 0) is 47.7 Å². The summed E-state index contributed by atoms with van der Waals surface area (Å²) in [5, 5.41) is 14.4. The number of carbonyl (C=O) groups excluding carboxylic acids is 1. The Kier molecular flexibility index (Phi) is 4.76. The molecule has 2 aromatic carbocycles. The van der Waals surface area contributed by atoms with Crippen LogP contribution < -0.4 is 10.2 Å². The van der Waals surface area contributed by atoms with E-state index in [9.17, 15) is 4.79 Å². The first-order chi connectivity index (χ1) is 11.7. The van der Waals surface area contributed by atoms with Gasteiger partial charge in [0, 0.05) is 17.9 Å². The van der Waals surface area contributed by atoms with Crippen molar-refractivity contribution < 1.29 is 4.79 Å². The summed E-state index contributed by atoms with van der Waals surface area (Å²) in [5.41, 5.74) is 2.20. The van der Waals surface area contributed by atoms with E-state index in [1.807, 2.05) is 55.5 Å². The Morgan fingerprint density at radius 1 is 1.21 bits per heavy atom. The van der Waals surface area contributed by atoms with E-state index in [1.54, 1.807) is 11.0 Å². The molecule has 7 nitrogen and oxygen atoms in total. The summed E-state index contributed by atoms with van der Waals surface area (Å²) in [4.78, 5) is 14.2. The highest BCUT2D eigenvalue weighted by Gasteiger charge is 2.14. The molecule has 1 N–H and O–H groups in total. The van der Waals surface area contributed by atoms with Crippen LogP contribution in [0.3, 0.4) is 0 Å². The summed E-state index contributed by atoms with van der Waals surface area (Å²) < 4.78 is 1.48. The zero-order valence-corrected chi connectivity index (χ0v) is 13.9. The summed E-state index contributed by atoms with van der Waals surface area (Å²) in [6.07, 6.45) is 0. The maximum Gasteiger partial charge on any atom is 0.326 e. The fourth-order valence-corrected chi connectivity index (χ4v) is 2.50. The van der Waals surface area contributed by atoms with Crippen molar-refractivity contribution in [3.8, 4) is 5.69 Å². The highest BCUT2D eigenvalue weighted by molar-refractivity contribution is 7.80. The molecule has 0 aliphatic heterocycles. The van der Waals surface area contributed by atoms with Crippen LogP contribution in [0.1, 0.15) is 6.92 Å². The zero-order valence-electron chi connectivity index (χ0n) is 13.0. The van der Waals surface area contributed by atoms with E-state index in [2.05, 4.69) is 33.5 Å². The molecule has 0 aliphatic rings. The Morgan fingerprint density at radius 3 is 2.67 bits per heavy atom. The van der Waals surface area contributed by atoms with Gasteiger partial charge in [-0.15, -0.1) is 17.7 Å². The van der Waals surface area contributed by atoms with Gasteiger partial charge in [0.1, 0.15) is 0 Å². The van der Waals surface area contributed by atoms with Gasteiger partial charge < -0.3 is 5.32 Å². The van der Waals surface area contributed by atoms with Crippen molar-refractivity contribution >= 4 is 30.0 Å². The zero-order chi connectivity index (χ0) is 16.9. The molecule has 8 heteroatoms. The van der Waals surface area contributed by atoms with Crippen LogP contribution in [0.2, 0.25) is 0 Å². The molecule has 0 bridgehead atoms. The number of thiol groups is 1. The second kappa shape index (κ2) is 7.14. The molecule has 3 rings (SSSR count). The van der Waals surface area contributed by atoms with Gasteiger partial charge in [-0.3, -0.25) is 4.90 Å². The number of urea groups is 1. The fourth-order valence-electron chi connectivity index (χ4n) is 2.31. The Labute approximate surface area is 144 Å². The Morgan fingerprint density at radius 2 is 2.00 bits per heavy atom. The van der Waals surface area contributed by atoms with Crippen molar-refractivity contribution in [3.05, 3.63) is 54.6 Å². The van der Waals surface area contributed by atoms with Gasteiger partial charge in [0.2, 0.25) is 5.16 Å². The maximum absolute atomic E-state index is 12.6. The van der Waals surface area contributed by atoms with Gasteiger partial charge >= 0.3 is 6.03 Å². The molecule has 0 atom stereocenters. The van der Waals surface area contributed by atoms with Crippen molar-refractivity contribution in [2.45, 2.75) is 12.1 Å². The van der Waals surface area contributed by atoms with Crippen molar-refractivity contribution in [2.75, 3.05) is 16.8 Å². The van der Waals surface area contributed by atoms with Crippen LogP contribution in [0.5, 0.6) is 0 Å². The van der Waals surface area contributed by atoms with Gasteiger partial charge in [0.25, 0.3) is 0 Å². The number of hydrogen-bond donors (Lipinski definition) is 2. The van der Waals surface area contributed by atoms with Crippen LogP contribution in [0.15, 0.2) is 59.8 Å². The SMILES string of the molecule is CCN(C(=O)Nc1cccc(-n2nnnc2S)c1)c1ccccc1. The number of carbonyl (C=O) groups is 1. The first kappa shape index (κ1) is 16.0. The summed E-state index contributed by atoms with van der Waals surface area (Å²) in [7, 11) is 0. The number of benzene rings is 2. The second-order valence-electron chi connectivity index (χ2n) is 4.95. The number of nitrogens with one attached hydrogen (secondary N) is 1. The number of para-hydroxylation sites is 1. The molecule has 0 aliphatic carbocycles. The van der Waals surface area contributed by atoms with Crippen LogP contribution in [0, 0.1) is 0 Å². The number of aromatic nitrogens is 4. The summed E-state index contributed by atoms with van der Waals surface area (Å²) >= 11 is 4.19. The van der Waals surface area contributed by atoms with Gasteiger partial charge in [-0.2, -0.15) is 4.68 Å². The van der Waals surface area contributed by atoms with E-state index in [4.69, 9.17) is 0 Å². The number of nitrogens with zero attached hydrogens (tertiary/aromatic N) is 5. The Balaban J connectivity index is 1.81. The topological polar surface area (TPSA) is 75.9 Å². The highest BCUT2D eigenvalue weighted by atomic mass is 32.1. The number of amides is 2. The van der Waals surface area contributed by atoms with Crippen LogP contribution in [-0.2, 0) is 0 Å². The molecule has 1 aromatic heterocycles. The monoisotopic (exact) mass is 340 g/mol. The van der Waals surface area contributed by atoms with E-state index < -0.39 is 0 Å². The summed E-state index contributed by atoms with van der Waals surface area (Å²) in [6.45, 7) is 2.49. The van der Waals surface area contributed by atoms with Gasteiger partial charge in [0.05, 0.1) is 5.69 Å². The number of rotatable bonds is 4. The third-order valence-corrected chi connectivity index (χ3v) is 3.70. The van der Waals surface area contributed by atoms with Crippen molar-refractivity contribution in [1.29, 1.82) is 0 Å². The minimum absolute atomic E-state index is 0.205. The molecule has 2 amide bonds. The number of anilines is 2. The standard InChI is InChI=1S/C16H16N6OS/c1-2-21(13-8-4-3-5-9-13)15(23)17-12-7-6-10-14(11-12)22-16(24)18-19-20-22/h3-11H,2H2,1H3,(H,17,23)(H,18,20,24). The predicted octanol–water partition coefficient (Wildman–Crippen LogP) is 3.01. The van der Waals surface area contributed by atoms with E-state index in [-0.39, 0.29) is 6.03 Å². The summed E-state index contributed by atoms with van der Waals surface area (Å²) in [5.74, 6) is 0. The Hall–Kier alpha value is -2.87. The molecule has 0 fully saturated rings. The second-order valence-corrected chi connectivity index (χ2v) is 5.35. The molecular formula is C16H16N6OS. The first-order valence-corrected chi connectivity index (χ1v) is 7.85. The first-order valence-electron chi connectivity index (χ1n) is 7.40. The van der Waals surface area contributed by atoms with Gasteiger partial charge in [0.15, 0.2) is 0 Å². The van der Waals surface area contributed by atoms with Crippen molar-refractivity contribution in [3.63, 3.8) is 0 Å². The molecule has 1 heterocycles. The highest BCUT2D eigenvalue weighted by Crippen LogP contribution is 2.18. The number of tetrazole rings is 1. The molecule has 0 radical (unpaired) electrons. The maximum atomic E-state index is 12.6. The molecule has 0 saturated heterocycles. The quantitative estimate of drug-likeness (QED) is 0.716. The third-order valence-electron chi connectivity index (χ3n) is 3.42. The van der Waals surface area contributed by atoms with Gasteiger partial charge in [-0.25, -0.2) is 4.79 Å². The molecule has 122 valence electrons. The average Bonchev–Trinajstić information content (AvgIpc) is 3.03. The molecular weight excluding hydrogens is 324 g/mol. The predicted molar refractivity (Wildman–Crippen MR) is 94.9 cm³/mol. The minimum Gasteiger partial charge on any atom is -0.307 e. The molecule has 3 aromatic rings. The third kappa shape index (κ3) is 3.38. The fraction of sp³-hybridized carbons (Fsp3) is 0.125. The van der Waals surface area contributed by atoms with E-state index >= 15 is 0 Å². The molecule has 0 unspecified atom stereocenters. The average molecular weight is 340 g/mol. The number of hydrogen-bond acceptors (Lipinski definition) is 5. The normalized spacial score (nSPS) is 10.4. The molecule has 0 saturated carbocycles. The van der Waals surface area contributed by atoms with E-state index in [1.165, 1.54) is 4.68 Å². The molecule has 0 spiro atoms. The lowest BCUT2D eigenvalue weighted by molar-refractivity contribution is 0.257. The lowest BCUT2D eigenvalue weighted by Crippen LogP contribution is -2.34. The smallest absolute Gasteiger partial charge is 0.307 e. The van der Waals surface area contributed by atoms with E-state index in [0.717, 1.165) is 5.69 Å². The lowest BCUT2D eigenvalue weighted by Gasteiger charge is -2.21. The largest absolute Gasteiger partial charge is 0.326 e. The van der Waals surface area contributed by atoms with Crippen molar-refractivity contribution in [2.24, 2.45) is 0 Å². The van der Waals surface area contributed by atoms with Crippen LogP contribution in [-0.4, -0.2) is 32.8 Å².